The van der Waals surface area contributed by atoms with E-state index < -0.39 is 0 Å². The molecule has 0 aliphatic carbocycles. The second-order valence-corrected chi connectivity index (χ2v) is 8.38. The van der Waals surface area contributed by atoms with Crippen LogP contribution in [0.4, 0.5) is 0 Å². The molecule has 3 heterocycles. The fraction of sp³-hybridized carbons (Fsp3) is 0.261. The summed E-state index contributed by atoms with van der Waals surface area (Å²) in [4.78, 5) is 27.0. The Morgan fingerprint density at radius 1 is 1.19 bits per heavy atom. The van der Waals surface area contributed by atoms with Gasteiger partial charge in [-0.15, -0.1) is 0 Å². The second-order valence-electron chi connectivity index (χ2n) is 7.57. The lowest BCUT2D eigenvalue weighted by Crippen LogP contribution is -2.32. The molecule has 2 aromatic heterocycles. The molecule has 3 aromatic rings. The van der Waals surface area contributed by atoms with Gasteiger partial charge in [-0.25, -0.2) is 15.0 Å². The molecule has 0 N–H and O–H groups in total. The summed E-state index contributed by atoms with van der Waals surface area (Å²) in [6.45, 7) is 2.92. The van der Waals surface area contributed by atoms with Gasteiger partial charge in [-0.1, -0.05) is 29.3 Å². The van der Waals surface area contributed by atoms with Crippen molar-refractivity contribution in [3.8, 4) is 11.9 Å². The number of carbonyl (C=O) groups excluding carboxylic acids is 1. The fourth-order valence-corrected chi connectivity index (χ4v) is 4.25. The highest BCUT2D eigenvalue weighted by atomic mass is 35.5. The highest BCUT2D eigenvalue weighted by Crippen LogP contribution is 2.38. The monoisotopic (exact) mass is 467 g/mol. The summed E-state index contributed by atoms with van der Waals surface area (Å²) in [7, 11) is 0. The van der Waals surface area contributed by atoms with Gasteiger partial charge in [-0.3, -0.25) is 4.79 Å². The molecule has 1 amide bonds. The van der Waals surface area contributed by atoms with E-state index in [9.17, 15) is 4.79 Å². The molecule has 1 saturated heterocycles. The van der Waals surface area contributed by atoms with Crippen molar-refractivity contribution in [1.29, 1.82) is 5.26 Å². The molecule has 32 heavy (non-hydrogen) atoms. The van der Waals surface area contributed by atoms with Crippen LogP contribution in [-0.2, 0) is 0 Å². The van der Waals surface area contributed by atoms with Crippen LogP contribution in [0, 0.1) is 17.2 Å². The molecule has 4 rings (SSSR count). The Morgan fingerprint density at radius 2 is 2.03 bits per heavy atom. The van der Waals surface area contributed by atoms with Crippen molar-refractivity contribution in [2.75, 3.05) is 13.1 Å². The molecule has 162 valence electrons. The number of pyridine rings is 1. The Balaban J connectivity index is 1.60. The lowest BCUT2D eigenvalue weighted by Gasteiger charge is -2.25. The number of hydrogen-bond acceptors (Lipinski definition) is 6. The number of amides is 1. The summed E-state index contributed by atoms with van der Waals surface area (Å²) in [6.07, 6.45) is 4.11. The van der Waals surface area contributed by atoms with E-state index in [4.69, 9.17) is 33.2 Å². The van der Waals surface area contributed by atoms with Gasteiger partial charge in [-0.2, -0.15) is 5.26 Å². The Morgan fingerprint density at radius 3 is 2.69 bits per heavy atom. The van der Waals surface area contributed by atoms with Crippen molar-refractivity contribution in [2.45, 2.75) is 18.9 Å². The van der Waals surface area contributed by atoms with Gasteiger partial charge in [0.25, 0.3) is 5.91 Å². The summed E-state index contributed by atoms with van der Waals surface area (Å²) in [5.74, 6) is 0.202. The van der Waals surface area contributed by atoms with E-state index in [1.807, 2.05) is 25.1 Å². The largest absolute Gasteiger partial charge is 0.474 e. The van der Waals surface area contributed by atoms with E-state index in [0.717, 1.165) is 5.56 Å². The smallest absolute Gasteiger partial charge is 0.272 e. The van der Waals surface area contributed by atoms with Crippen LogP contribution in [0.1, 0.15) is 34.5 Å². The van der Waals surface area contributed by atoms with Crippen LogP contribution in [0.2, 0.25) is 10.0 Å². The molecule has 0 bridgehead atoms. The predicted molar refractivity (Wildman–Crippen MR) is 120 cm³/mol. The highest BCUT2D eigenvalue weighted by molar-refractivity contribution is 6.42. The molecule has 1 aliphatic rings. The van der Waals surface area contributed by atoms with Crippen LogP contribution in [0.25, 0.3) is 0 Å². The molecule has 0 unspecified atom stereocenters. The molecule has 9 heteroatoms. The minimum absolute atomic E-state index is 0.0241. The van der Waals surface area contributed by atoms with Gasteiger partial charge in [0.2, 0.25) is 5.88 Å². The second kappa shape index (κ2) is 9.51. The zero-order valence-electron chi connectivity index (χ0n) is 17.2. The maximum absolute atomic E-state index is 13.0. The van der Waals surface area contributed by atoms with Crippen LogP contribution in [0.15, 0.2) is 55.1 Å². The van der Waals surface area contributed by atoms with Crippen LogP contribution in [0.3, 0.4) is 0 Å². The first-order valence-corrected chi connectivity index (χ1v) is 10.7. The number of benzene rings is 1. The number of ether oxygens (including phenoxy) is 1. The van der Waals surface area contributed by atoms with Crippen molar-refractivity contribution < 1.29 is 9.53 Å². The fourth-order valence-electron chi connectivity index (χ4n) is 3.94. The molecule has 1 aromatic carbocycles. The maximum atomic E-state index is 13.0. The first-order chi connectivity index (χ1) is 15.5. The van der Waals surface area contributed by atoms with Gasteiger partial charge in [0.05, 0.1) is 15.6 Å². The molecular formula is C23H19Cl2N5O2. The Hall–Kier alpha value is -3.21. The molecule has 3 atom stereocenters. The Kier molecular flexibility index (Phi) is 6.54. The van der Waals surface area contributed by atoms with Gasteiger partial charge >= 0.3 is 0 Å². The normalized spacial score (nSPS) is 18.8. The number of nitriles is 1. The third-order valence-corrected chi connectivity index (χ3v) is 6.34. The standard InChI is InChI=1S/C23H19Cl2N5O2/c1-14(32-22-5-2-15(9-26)10-28-22)17-11-30(23(31)21-6-7-27-13-29-21)12-18(17)16-3-4-19(24)20(25)8-16/h2-8,10,13-14,17-18H,11-12H2,1H3/t14-,17+,18+/m0/s1. The number of rotatable bonds is 5. The minimum atomic E-state index is -0.266. The zero-order chi connectivity index (χ0) is 22.7. The number of carbonyl (C=O) groups is 1. The summed E-state index contributed by atoms with van der Waals surface area (Å²) in [5, 5.41) is 9.90. The van der Waals surface area contributed by atoms with Crippen molar-refractivity contribution in [3.63, 3.8) is 0 Å². The SMILES string of the molecule is C[C@H](Oc1ccc(C#N)cn1)[C@H]1CN(C(=O)c2ccncn2)C[C@@H]1c1ccc(Cl)c(Cl)c1. The number of hydrogen-bond donors (Lipinski definition) is 0. The number of nitrogens with zero attached hydrogens (tertiary/aromatic N) is 5. The lowest BCUT2D eigenvalue weighted by atomic mass is 9.86. The topological polar surface area (TPSA) is 92.0 Å². The van der Waals surface area contributed by atoms with Gasteiger partial charge < -0.3 is 9.64 Å². The summed E-state index contributed by atoms with van der Waals surface area (Å²) < 4.78 is 6.09. The molecule has 1 fully saturated rings. The zero-order valence-corrected chi connectivity index (χ0v) is 18.7. The van der Waals surface area contributed by atoms with E-state index >= 15 is 0 Å². The summed E-state index contributed by atoms with van der Waals surface area (Å²) in [5.41, 5.74) is 1.78. The van der Waals surface area contributed by atoms with Crippen molar-refractivity contribution >= 4 is 29.1 Å². The van der Waals surface area contributed by atoms with E-state index in [1.165, 1.54) is 12.5 Å². The molecule has 7 nitrogen and oxygen atoms in total. The highest BCUT2D eigenvalue weighted by Gasteiger charge is 2.40. The van der Waals surface area contributed by atoms with Crippen LogP contribution >= 0.6 is 23.2 Å². The average molecular weight is 468 g/mol. The lowest BCUT2D eigenvalue weighted by molar-refractivity contribution is 0.0763. The summed E-state index contributed by atoms with van der Waals surface area (Å²) >= 11 is 12.4. The molecular weight excluding hydrogens is 449 g/mol. The Labute approximate surface area is 195 Å². The van der Waals surface area contributed by atoms with Crippen LogP contribution in [-0.4, -0.2) is 45.0 Å². The number of aromatic nitrogens is 3. The molecule has 1 aliphatic heterocycles. The average Bonchev–Trinajstić information content (AvgIpc) is 3.27. The van der Waals surface area contributed by atoms with Crippen LogP contribution in [0.5, 0.6) is 5.88 Å². The van der Waals surface area contributed by atoms with Gasteiger partial charge in [0, 0.05) is 43.4 Å². The first-order valence-electron chi connectivity index (χ1n) is 9.99. The molecule has 0 saturated carbocycles. The Bertz CT molecular complexity index is 1150. The first kappa shape index (κ1) is 22.0. The third-order valence-electron chi connectivity index (χ3n) is 5.60. The van der Waals surface area contributed by atoms with Crippen LogP contribution < -0.4 is 4.74 Å². The minimum Gasteiger partial charge on any atom is -0.474 e. The van der Waals surface area contributed by atoms with Crippen molar-refractivity contribution in [1.82, 2.24) is 19.9 Å². The molecule has 0 spiro atoms. The van der Waals surface area contributed by atoms with E-state index in [1.54, 1.807) is 35.4 Å². The maximum Gasteiger partial charge on any atom is 0.272 e. The number of likely N-dealkylation sites (tertiary alicyclic amines) is 1. The van der Waals surface area contributed by atoms with Gasteiger partial charge in [0.1, 0.15) is 24.2 Å². The van der Waals surface area contributed by atoms with Gasteiger partial charge in [-0.05, 0) is 36.8 Å². The van der Waals surface area contributed by atoms with Gasteiger partial charge in [0.15, 0.2) is 0 Å². The van der Waals surface area contributed by atoms with Crippen molar-refractivity contribution in [2.24, 2.45) is 5.92 Å². The third kappa shape index (κ3) is 4.67. The van der Waals surface area contributed by atoms with E-state index in [2.05, 4.69) is 15.0 Å². The number of halogens is 2. The van der Waals surface area contributed by atoms with E-state index in [-0.39, 0.29) is 23.8 Å². The summed E-state index contributed by atoms with van der Waals surface area (Å²) in [6, 6.07) is 12.5. The van der Waals surface area contributed by atoms with Crippen molar-refractivity contribution in [3.05, 3.63) is 82.0 Å². The van der Waals surface area contributed by atoms with E-state index in [0.29, 0.717) is 40.3 Å². The quantitative estimate of drug-likeness (QED) is 0.552. The predicted octanol–water partition coefficient (Wildman–Crippen LogP) is 4.37. The molecule has 0 radical (unpaired) electrons.